The number of fused-ring (bicyclic) bond motifs is 3. The molecule has 3 aromatic rings. The Hall–Kier alpha value is -3.01. The van der Waals surface area contributed by atoms with Crippen LogP contribution in [0.3, 0.4) is 0 Å². The van der Waals surface area contributed by atoms with Crippen LogP contribution in [0.1, 0.15) is 28.2 Å². The summed E-state index contributed by atoms with van der Waals surface area (Å²) in [5, 5.41) is 0. The van der Waals surface area contributed by atoms with Crippen LogP contribution in [0.4, 0.5) is 0 Å². The topological polar surface area (TPSA) is 47.2 Å². The Bertz CT molecular complexity index is 1030. The minimum Gasteiger partial charge on any atom is -0.302 e. The van der Waals surface area contributed by atoms with Gasteiger partial charge in [0.15, 0.2) is 0 Å². The van der Waals surface area contributed by atoms with Crippen LogP contribution in [0.25, 0.3) is 5.69 Å². The first-order valence-corrected chi connectivity index (χ1v) is 8.44. The summed E-state index contributed by atoms with van der Waals surface area (Å²) >= 11 is 0. The van der Waals surface area contributed by atoms with E-state index >= 15 is 0 Å². The van der Waals surface area contributed by atoms with Crippen molar-refractivity contribution in [2.75, 3.05) is 6.54 Å². The highest BCUT2D eigenvalue weighted by molar-refractivity contribution is 6.15. The van der Waals surface area contributed by atoms with Crippen LogP contribution in [0, 0.1) is 13.8 Å². The molecule has 25 heavy (non-hydrogen) atoms. The quantitative estimate of drug-likeness (QED) is 0.688. The summed E-state index contributed by atoms with van der Waals surface area (Å²) in [6.45, 7) is 4.64. The molecule has 0 amide bonds. The van der Waals surface area contributed by atoms with Gasteiger partial charge in [-0.15, -0.1) is 0 Å². The van der Waals surface area contributed by atoms with Gasteiger partial charge in [0.2, 0.25) is 0 Å². The average Bonchev–Trinajstić information content (AvgIpc) is 2.58. The van der Waals surface area contributed by atoms with Crippen molar-refractivity contribution in [1.82, 2.24) is 9.55 Å². The molecule has 0 N–H and O–H groups in total. The van der Waals surface area contributed by atoms with E-state index in [1.165, 1.54) is 5.56 Å². The first-order chi connectivity index (χ1) is 12.1. The van der Waals surface area contributed by atoms with E-state index in [0.717, 1.165) is 34.0 Å². The third-order valence-corrected chi connectivity index (χ3v) is 4.48. The number of aryl methyl sites for hydroxylation is 2. The van der Waals surface area contributed by atoms with Crippen LogP contribution in [-0.4, -0.2) is 21.8 Å². The van der Waals surface area contributed by atoms with Crippen LogP contribution in [0.2, 0.25) is 0 Å². The van der Waals surface area contributed by atoms with E-state index < -0.39 is 0 Å². The summed E-state index contributed by atoms with van der Waals surface area (Å²) in [6.07, 6.45) is 0.639. The monoisotopic (exact) mass is 329 g/mol. The van der Waals surface area contributed by atoms with E-state index in [-0.39, 0.29) is 5.56 Å². The van der Waals surface area contributed by atoms with Gasteiger partial charge in [0.1, 0.15) is 5.82 Å². The lowest BCUT2D eigenvalue weighted by molar-refractivity contribution is 0.765. The molecule has 0 bridgehead atoms. The number of nitrogens with zero attached hydrogens (tertiary/aromatic N) is 3. The van der Waals surface area contributed by atoms with E-state index in [9.17, 15) is 4.79 Å². The molecule has 2 heterocycles. The number of rotatable bonds is 1. The van der Waals surface area contributed by atoms with Crippen molar-refractivity contribution < 1.29 is 0 Å². The van der Waals surface area contributed by atoms with E-state index in [1.54, 1.807) is 6.07 Å². The lowest BCUT2D eigenvalue weighted by Gasteiger charge is -2.22. The summed E-state index contributed by atoms with van der Waals surface area (Å²) in [5.74, 6) is 0.769. The van der Waals surface area contributed by atoms with Gasteiger partial charge in [-0.2, -0.15) is 4.98 Å². The van der Waals surface area contributed by atoms with Crippen molar-refractivity contribution in [2.45, 2.75) is 20.3 Å². The molecule has 4 nitrogen and oxygen atoms in total. The second-order valence-electron chi connectivity index (χ2n) is 6.35. The fourth-order valence-electron chi connectivity index (χ4n) is 3.38. The molecule has 0 spiro atoms. The first-order valence-electron chi connectivity index (χ1n) is 8.44. The molecule has 4 heteroatoms. The van der Waals surface area contributed by atoms with Crippen LogP contribution < -0.4 is 5.56 Å². The van der Waals surface area contributed by atoms with Crippen molar-refractivity contribution >= 4 is 5.71 Å². The van der Waals surface area contributed by atoms with Gasteiger partial charge in [0, 0.05) is 35.9 Å². The maximum atomic E-state index is 11.9. The highest BCUT2D eigenvalue weighted by Crippen LogP contribution is 2.25. The summed E-state index contributed by atoms with van der Waals surface area (Å²) in [7, 11) is 0. The van der Waals surface area contributed by atoms with Gasteiger partial charge in [-0.05, 0) is 26.0 Å². The number of aliphatic imine (C=N–C) groups is 1. The molecule has 2 aromatic carbocycles. The van der Waals surface area contributed by atoms with Gasteiger partial charge in [0.25, 0.3) is 5.56 Å². The van der Waals surface area contributed by atoms with E-state index in [0.29, 0.717) is 13.0 Å². The number of benzene rings is 2. The SMILES string of the molecule is Cc1ccc2c(c1)/C(c1ccccc1)=N\CCc1nc(=O)cc(C)n1-2. The van der Waals surface area contributed by atoms with Crippen LogP contribution in [-0.2, 0) is 6.42 Å². The molecule has 0 saturated heterocycles. The molecule has 0 radical (unpaired) electrons. The van der Waals surface area contributed by atoms with Crippen molar-refractivity contribution in [2.24, 2.45) is 4.99 Å². The Kier molecular flexibility index (Phi) is 3.80. The molecule has 4 rings (SSSR count). The summed E-state index contributed by atoms with van der Waals surface area (Å²) in [4.78, 5) is 20.9. The maximum absolute atomic E-state index is 11.9. The van der Waals surface area contributed by atoms with Crippen LogP contribution in [0.15, 0.2) is 64.4 Å². The highest BCUT2D eigenvalue weighted by atomic mass is 16.1. The zero-order chi connectivity index (χ0) is 17.4. The minimum atomic E-state index is -0.190. The van der Waals surface area contributed by atoms with Crippen LogP contribution >= 0.6 is 0 Å². The molecular formula is C21H19N3O. The number of hydrogen-bond acceptors (Lipinski definition) is 3. The third-order valence-electron chi connectivity index (χ3n) is 4.48. The zero-order valence-corrected chi connectivity index (χ0v) is 14.4. The van der Waals surface area contributed by atoms with Gasteiger partial charge in [-0.3, -0.25) is 9.79 Å². The fraction of sp³-hybridized carbons (Fsp3) is 0.190. The van der Waals surface area contributed by atoms with Gasteiger partial charge in [0.05, 0.1) is 11.4 Å². The molecule has 0 fully saturated rings. The maximum Gasteiger partial charge on any atom is 0.273 e. The number of hydrogen-bond donors (Lipinski definition) is 0. The van der Waals surface area contributed by atoms with Crippen molar-refractivity contribution in [1.29, 1.82) is 0 Å². The van der Waals surface area contributed by atoms with Gasteiger partial charge in [-0.1, -0.05) is 42.0 Å². The molecule has 0 unspecified atom stereocenters. The number of aromatic nitrogens is 2. The largest absolute Gasteiger partial charge is 0.302 e. The zero-order valence-electron chi connectivity index (χ0n) is 14.4. The van der Waals surface area contributed by atoms with Crippen molar-refractivity contribution in [3.63, 3.8) is 0 Å². The van der Waals surface area contributed by atoms with Crippen molar-refractivity contribution in [3.8, 4) is 5.69 Å². The predicted molar refractivity (Wildman–Crippen MR) is 100.0 cm³/mol. The summed E-state index contributed by atoms with van der Waals surface area (Å²) in [6, 6.07) is 18.2. The normalized spacial score (nSPS) is 15.4. The Morgan fingerprint density at radius 2 is 1.80 bits per heavy atom. The van der Waals surface area contributed by atoms with Crippen molar-refractivity contribution in [3.05, 3.63) is 93.2 Å². The fourth-order valence-corrected chi connectivity index (χ4v) is 3.38. The lowest BCUT2D eigenvalue weighted by atomic mass is 9.97. The Labute approximate surface area is 146 Å². The second kappa shape index (κ2) is 6.13. The minimum absolute atomic E-state index is 0.190. The Balaban J connectivity index is 2.03. The van der Waals surface area contributed by atoms with E-state index in [1.807, 2.05) is 25.1 Å². The highest BCUT2D eigenvalue weighted by Gasteiger charge is 2.19. The lowest BCUT2D eigenvalue weighted by Crippen LogP contribution is -2.23. The Morgan fingerprint density at radius 3 is 2.60 bits per heavy atom. The molecule has 124 valence electrons. The van der Waals surface area contributed by atoms with Gasteiger partial charge >= 0.3 is 0 Å². The molecule has 1 aliphatic heterocycles. The molecule has 0 aliphatic carbocycles. The summed E-state index contributed by atoms with van der Waals surface area (Å²) < 4.78 is 2.09. The van der Waals surface area contributed by atoms with E-state index in [2.05, 4.69) is 46.8 Å². The first kappa shape index (κ1) is 15.5. The van der Waals surface area contributed by atoms with Crippen LogP contribution in [0.5, 0.6) is 0 Å². The summed E-state index contributed by atoms with van der Waals surface area (Å²) in [5.41, 5.74) is 6.07. The molecule has 0 atom stereocenters. The predicted octanol–water partition coefficient (Wildman–Crippen LogP) is 3.24. The molecular weight excluding hydrogens is 310 g/mol. The Morgan fingerprint density at radius 1 is 1.00 bits per heavy atom. The average molecular weight is 329 g/mol. The van der Waals surface area contributed by atoms with Gasteiger partial charge < -0.3 is 4.57 Å². The molecule has 1 aliphatic rings. The second-order valence-corrected chi connectivity index (χ2v) is 6.35. The smallest absolute Gasteiger partial charge is 0.273 e. The molecule has 1 aromatic heterocycles. The molecule has 0 saturated carbocycles. The van der Waals surface area contributed by atoms with Gasteiger partial charge in [-0.25, -0.2) is 0 Å². The van der Waals surface area contributed by atoms with E-state index in [4.69, 9.17) is 4.99 Å². The third kappa shape index (κ3) is 2.80. The standard InChI is InChI=1S/C21H19N3O/c1-14-8-9-18-17(12-14)21(16-6-4-3-5-7-16)22-11-10-19-23-20(25)13-15(2)24(18)19/h3-9,12-13H,10-11H2,1-2H3/b22-21-.